The first-order valence-corrected chi connectivity index (χ1v) is 13.0. The number of ether oxygens (including phenoxy) is 2. The molecule has 1 N–H and O–H groups in total. The van der Waals surface area contributed by atoms with Crippen LogP contribution in [0.15, 0.2) is 65.7 Å². The summed E-state index contributed by atoms with van der Waals surface area (Å²) < 4.78 is 25.4. The Kier molecular flexibility index (Phi) is 7.60. The first-order valence-electron chi connectivity index (χ1n) is 13.0. The van der Waals surface area contributed by atoms with E-state index in [0.717, 1.165) is 12.2 Å². The summed E-state index contributed by atoms with van der Waals surface area (Å²) in [6.07, 6.45) is 0.401. The molecular weight excluding hydrogens is 499 g/mol. The van der Waals surface area contributed by atoms with Crippen molar-refractivity contribution in [1.29, 1.82) is 0 Å². The number of anilines is 2. The lowest BCUT2D eigenvalue weighted by molar-refractivity contribution is -0.118. The fourth-order valence-corrected chi connectivity index (χ4v) is 4.74. The van der Waals surface area contributed by atoms with Gasteiger partial charge in [0.15, 0.2) is 11.5 Å². The average molecular weight is 531 g/mol. The molecule has 2 aliphatic heterocycles. The Hall–Kier alpha value is -4.24. The van der Waals surface area contributed by atoms with Crippen LogP contribution in [0.5, 0.6) is 11.5 Å². The normalized spacial score (nSPS) is 16.2. The lowest BCUT2D eigenvalue weighted by Crippen LogP contribution is -2.36. The molecule has 1 atom stereocenters. The van der Waals surface area contributed by atoms with Crippen molar-refractivity contribution in [3.05, 3.63) is 77.6 Å². The zero-order valence-corrected chi connectivity index (χ0v) is 22.2. The summed E-state index contributed by atoms with van der Waals surface area (Å²) in [7, 11) is 3.94. The molecule has 9 heteroatoms. The second kappa shape index (κ2) is 11.2. The van der Waals surface area contributed by atoms with Crippen molar-refractivity contribution in [2.75, 3.05) is 50.6 Å². The van der Waals surface area contributed by atoms with Gasteiger partial charge in [-0.25, -0.2) is 4.39 Å². The minimum absolute atomic E-state index is 0.0385. The van der Waals surface area contributed by atoms with Gasteiger partial charge in [-0.15, -0.1) is 0 Å². The molecule has 39 heavy (non-hydrogen) atoms. The lowest BCUT2D eigenvalue weighted by atomic mass is 9.90. The van der Waals surface area contributed by atoms with Crippen molar-refractivity contribution in [3.63, 3.8) is 0 Å². The molecular formula is C30H31FN4O4. The smallest absolute Gasteiger partial charge is 0.238 e. The molecule has 2 aliphatic rings. The average Bonchev–Trinajstić information content (AvgIpc) is 3.26. The number of hydrogen-bond donors (Lipinski definition) is 1. The van der Waals surface area contributed by atoms with Crippen molar-refractivity contribution in [2.45, 2.75) is 19.3 Å². The number of rotatable bonds is 8. The van der Waals surface area contributed by atoms with Gasteiger partial charge < -0.3 is 24.6 Å². The van der Waals surface area contributed by atoms with E-state index >= 15 is 0 Å². The molecule has 0 aromatic heterocycles. The number of benzene rings is 3. The summed E-state index contributed by atoms with van der Waals surface area (Å²) in [6, 6.07) is 17.1. The Labute approximate surface area is 227 Å². The molecule has 0 spiro atoms. The van der Waals surface area contributed by atoms with Crippen LogP contribution >= 0.6 is 0 Å². The molecule has 2 amide bonds. The van der Waals surface area contributed by atoms with Crippen LogP contribution in [0.25, 0.3) is 0 Å². The number of likely N-dealkylation sites (N-methyl/N-ethyl adjacent to an activating group) is 1. The van der Waals surface area contributed by atoms with Crippen molar-refractivity contribution >= 4 is 34.6 Å². The van der Waals surface area contributed by atoms with Gasteiger partial charge in [0.2, 0.25) is 11.8 Å². The number of carbonyl (C=O) groups excluding carboxylic acids is 2. The molecule has 3 aromatic carbocycles. The minimum atomic E-state index is -0.749. The van der Waals surface area contributed by atoms with Gasteiger partial charge in [-0.1, -0.05) is 13.0 Å². The fraction of sp³-hybridized carbons (Fsp3) is 0.300. The summed E-state index contributed by atoms with van der Waals surface area (Å²) in [4.78, 5) is 34.5. The van der Waals surface area contributed by atoms with Gasteiger partial charge >= 0.3 is 0 Å². The molecule has 0 aliphatic carbocycles. The monoisotopic (exact) mass is 530 g/mol. The highest BCUT2D eigenvalue weighted by Crippen LogP contribution is 2.39. The van der Waals surface area contributed by atoms with E-state index in [0.29, 0.717) is 65.9 Å². The standard InChI is InChI=1S/C30H31FN4O4/c1-4-27(36)35(14-13-34(2)3)22-9-7-21(8-10-22)32-29(19-5-12-25-26(17-19)39-16-15-38-25)28-23-11-6-20(31)18-24(23)33-30(28)37/h5-12,17-18,28H,4,13-16H2,1-3H3,(H,33,37). The third-order valence-corrected chi connectivity index (χ3v) is 6.74. The van der Waals surface area contributed by atoms with Gasteiger partial charge in [-0.2, -0.15) is 0 Å². The summed E-state index contributed by atoms with van der Waals surface area (Å²) >= 11 is 0. The molecule has 202 valence electrons. The molecule has 1 unspecified atom stereocenters. The van der Waals surface area contributed by atoms with E-state index in [1.165, 1.54) is 12.1 Å². The van der Waals surface area contributed by atoms with Gasteiger partial charge in [0.05, 0.1) is 11.4 Å². The topological polar surface area (TPSA) is 83.5 Å². The second-order valence-electron chi connectivity index (χ2n) is 9.73. The van der Waals surface area contributed by atoms with Crippen LogP contribution in [0.4, 0.5) is 21.5 Å². The predicted octanol–water partition coefficient (Wildman–Crippen LogP) is 4.76. The molecule has 0 bridgehead atoms. The molecule has 3 aromatic rings. The number of nitrogens with zero attached hydrogens (tertiary/aromatic N) is 3. The first kappa shape index (κ1) is 26.4. The Morgan fingerprint density at radius 1 is 1.00 bits per heavy atom. The van der Waals surface area contributed by atoms with Crippen LogP contribution < -0.4 is 19.7 Å². The quantitative estimate of drug-likeness (QED) is 0.425. The van der Waals surface area contributed by atoms with Gasteiger partial charge in [0.25, 0.3) is 0 Å². The molecule has 0 radical (unpaired) electrons. The van der Waals surface area contributed by atoms with Gasteiger partial charge in [0.1, 0.15) is 24.9 Å². The number of aliphatic imine (C=N–C) groups is 1. The molecule has 8 nitrogen and oxygen atoms in total. The van der Waals surface area contributed by atoms with Crippen molar-refractivity contribution in [2.24, 2.45) is 4.99 Å². The molecule has 5 rings (SSSR count). The van der Waals surface area contributed by atoms with E-state index in [1.54, 1.807) is 17.0 Å². The van der Waals surface area contributed by atoms with E-state index in [1.807, 2.05) is 62.3 Å². The Morgan fingerprint density at radius 3 is 2.46 bits per heavy atom. The Morgan fingerprint density at radius 2 is 1.74 bits per heavy atom. The maximum atomic E-state index is 13.9. The first-order chi connectivity index (χ1) is 18.8. The van der Waals surface area contributed by atoms with Crippen LogP contribution in [0.2, 0.25) is 0 Å². The van der Waals surface area contributed by atoms with Gasteiger partial charge in [-0.3, -0.25) is 14.6 Å². The third kappa shape index (κ3) is 5.63. The molecule has 0 fully saturated rings. The second-order valence-corrected chi connectivity index (χ2v) is 9.73. The van der Waals surface area contributed by atoms with Crippen molar-refractivity contribution in [1.82, 2.24) is 4.90 Å². The zero-order valence-electron chi connectivity index (χ0n) is 22.2. The maximum Gasteiger partial charge on any atom is 0.238 e. The van der Waals surface area contributed by atoms with E-state index in [-0.39, 0.29) is 11.8 Å². The van der Waals surface area contributed by atoms with E-state index in [9.17, 15) is 14.0 Å². The van der Waals surface area contributed by atoms with Gasteiger partial charge in [-0.05, 0) is 74.3 Å². The third-order valence-electron chi connectivity index (χ3n) is 6.74. The number of amides is 2. The van der Waals surface area contributed by atoms with Crippen molar-refractivity contribution < 1.29 is 23.5 Å². The Balaban J connectivity index is 1.55. The molecule has 0 saturated carbocycles. The van der Waals surface area contributed by atoms with E-state index in [2.05, 4.69) is 5.32 Å². The van der Waals surface area contributed by atoms with Crippen LogP contribution in [-0.4, -0.2) is 62.8 Å². The highest BCUT2D eigenvalue weighted by Gasteiger charge is 2.36. The van der Waals surface area contributed by atoms with E-state index < -0.39 is 11.7 Å². The highest BCUT2D eigenvalue weighted by molar-refractivity contribution is 6.24. The summed E-state index contributed by atoms with van der Waals surface area (Å²) in [5.74, 6) is -0.218. The summed E-state index contributed by atoms with van der Waals surface area (Å²) in [5, 5.41) is 2.79. The molecule has 2 heterocycles. The maximum absolute atomic E-state index is 13.9. The largest absolute Gasteiger partial charge is 0.486 e. The SMILES string of the molecule is CCC(=O)N(CCN(C)C)c1ccc(N=C(c2ccc3c(c2)OCCO3)C2C(=O)Nc3cc(F)ccc32)cc1. The summed E-state index contributed by atoms with van der Waals surface area (Å²) in [5.41, 5.74) is 3.66. The number of fused-ring (bicyclic) bond motifs is 2. The lowest BCUT2D eigenvalue weighted by Gasteiger charge is -2.24. The van der Waals surface area contributed by atoms with Crippen LogP contribution in [0, 0.1) is 5.82 Å². The van der Waals surface area contributed by atoms with Crippen LogP contribution in [0.1, 0.15) is 30.4 Å². The molecule has 0 saturated heterocycles. The predicted molar refractivity (Wildman–Crippen MR) is 149 cm³/mol. The fourth-order valence-electron chi connectivity index (χ4n) is 4.74. The van der Waals surface area contributed by atoms with Crippen molar-refractivity contribution in [3.8, 4) is 11.5 Å². The van der Waals surface area contributed by atoms with E-state index in [4.69, 9.17) is 14.5 Å². The van der Waals surface area contributed by atoms with Gasteiger partial charge in [0, 0.05) is 36.4 Å². The minimum Gasteiger partial charge on any atom is -0.486 e. The summed E-state index contributed by atoms with van der Waals surface area (Å²) in [6.45, 7) is 4.05. The van der Waals surface area contributed by atoms with Crippen LogP contribution in [-0.2, 0) is 9.59 Å². The highest BCUT2D eigenvalue weighted by atomic mass is 19.1. The number of halogens is 1. The number of hydrogen-bond acceptors (Lipinski definition) is 6. The van der Waals surface area contributed by atoms with Crippen LogP contribution in [0.3, 0.4) is 0 Å². The number of nitrogens with one attached hydrogen (secondary N) is 1. The zero-order chi connectivity index (χ0) is 27.5. The Bertz CT molecular complexity index is 1420. The number of carbonyl (C=O) groups is 2.